The van der Waals surface area contributed by atoms with E-state index in [-0.39, 0.29) is 29.0 Å². The molecule has 1 aliphatic rings. The number of aldehydes is 1. The number of fused-ring (bicyclic) bond motifs is 1. The van der Waals surface area contributed by atoms with Crippen LogP contribution in [0.5, 0.6) is 17.4 Å². The number of methoxy groups -OCH3 is 1. The number of nitrogens with one attached hydrogen (secondary N) is 1. The molecule has 224 valence electrons. The summed E-state index contributed by atoms with van der Waals surface area (Å²) in [5, 5.41) is 7.26. The fourth-order valence-electron chi connectivity index (χ4n) is 4.97. The van der Waals surface area contributed by atoms with Gasteiger partial charge in [-0.2, -0.15) is 26.3 Å². The van der Waals surface area contributed by atoms with Gasteiger partial charge in [0, 0.05) is 19.4 Å². The van der Waals surface area contributed by atoms with Crippen molar-refractivity contribution in [2.24, 2.45) is 0 Å². The number of hydrogen-bond acceptors (Lipinski definition) is 10. The van der Waals surface area contributed by atoms with Gasteiger partial charge in [-0.3, -0.25) is 0 Å². The van der Waals surface area contributed by atoms with Crippen LogP contribution in [0, 0.1) is 0 Å². The molecule has 1 N–H and O–H groups in total. The number of rotatable bonds is 11. The average molecular weight is 625 g/mol. The summed E-state index contributed by atoms with van der Waals surface area (Å²) in [4.78, 5) is 16.4. The molecule has 2 aromatic heterocycles. The van der Waals surface area contributed by atoms with Gasteiger partial charge in [-0.05, 0) is 55.5 Å². The van der Waals surface area contributed by atoms with Crippen LogP contribution in [0.25, 0.3) is 15.3 Å². The maximum Gasteiger partial charge on any atom is 0.534 e. The quantitative estimate of drug-likeness (QED) is 0.125. The van der Waals surface area contributed by atoms with Crippen LogP contribution in [0.4, 0.5) is 19.0 Å². The molecule has 15 heteroatoms. The molecule has 1 unspecified atom stereocenters. The minimum Gasteiger partial charge on any atom is -0.493 e. The maximum atomic E-state index is 13.4. The molecule has 0 radical (unpaired) electrons. The highest BCUT2D eigenvalue weighted by Gasteiger charge is 2.50. The number of halogens is 3. The molecule has 42 heavy (non-hydrogen) atoms. The second-order valence-electron chi connectivity index (χ2n) is 9.57. The van der Waals surface area contributed by atoms with Crippen molar-refractivity contribution in [2.45, 2.75) is 49.6 Å². The van der Waals surface area contributed by atoms with E-state index in [0.29, 0.717) is 28.9 Å². The van der Waals surface area contributed by atoms with E-state index in [1.807, 2.05) is 6.07 Å². The summed E-state index contributed by atoms with van der Waals surface area (Å²) in [6.07, 6.45) is 4.30. The lowest BCUT2D eigenvalue weighted by Crippen LogP contribution is -2.28. The van der Waals surface area contributed by atoms with Gasteiger partial charge in [-0.1, -0.05) is 29.5 Å². The lowest BCUT2D eigenvalue weighted by molar-refractivity contribution is -0.108. The van der Waals surface area contributed by atoms with Crippen LogP contribution < -0.4 is 19.0 Å². The number of ether oxygens (including phenoxy) is 2. The number of aromatic nitrogens is 3. The van der Waals surface area contributed by atoms with Crippen molar-refractivity contribution < 1.29 is 40.0 Å². The second kappa shape index (κ2) is 11.8. The fourth-order valence-corrected chi connectivity index (χ4v) is 6.32. The Bertz CT molecular complexity index is 1660. The first-order chi connectivity index (χ1) is 20.1. The Morgan fingerprint density at radius 2 is 1.90 bits per heavy atom. The van der Waals surface area contributed by atoms with Gasteiger partial charge < -0.3 is 23.8 Å². The molecular weight excluding hydrogens is 597 g/mol. The molecular formula is C27H27F3N4O6S2. The minimum atomic E-state index is -6.11. The van der Waals surface area contributed by atoms with E-state index in [2.05, 4.69) is 19.6 Å². The third kappa shape index (κ3) is 5.75. The number of hydrogen-bond donors (Lipinski definition) is 1. The van der Waals surface area contributed by atoms with Crippen LogP contribution in [0.2, 0.25) is 0 Å². The topological polar surface area (TPSA) is 122 Å². The number of para-hydroxylation sites is 1. The summed E-state index contributed by atoms with van der Waals surface area (Å²) in [6.45, 7) is 0. The van der Waals surface area contributed by atoms with Crippen LogP contribution in [-0.2, 0) is 14.9 Å². The van der Waals surface area contributed by atoms with Crippen LogP contribution in [0.1, 0.15) is 49.1 Å². The highest BCUT2D eigenvalue weighted by molar-refractivity contribution is 7.88. The third-order valence-corrected chi connectivity index (χ3v) is 8.88. The number of alkyl halides is 3. The number of carbonyl (C=O) groups excluding carboxylic acids is 1. The molecule has 0 bridgehead atoms. The van der Waals surface area contributed by atoms with E-state index >= 15 is 0 Å². The SMILES string of the molecule is CNc1c(C(CC=O)c2ccc(OC3CCCC3)c(OC)c2)c(OS(=O)(=O)C(F)(F)F)nn1-c1nc2ccccc2s1. The van der Waals surface area contributed by atoms with Crippen molar-refractivity contribution in [3.05, 3.63) is 53.6 Å². The zero-order chi connectivity index (χ0) is 30.1. The van der Waals surface area contributed by atoms with E-state index in [1.54, 1.807) is 36.4 Å². The van der Waals surface area contributed by atoms with Crippen LogP contribution >= 0.6 is 11.3 Å². The molecule has 10 nitrogen and oxygen atoms in total. The van der Waals surface area contributed by atoms with Crippen molar-refractivity contribution >= 4 is 43.8 Å². The highest BCUT2D eigenvalue weighted by atomic mass is 32.2. The van der Waals surface area contributed by atoms with E-state index in [9.17, 15) is 26.4 Å². The summed E-state index contributed by atoms with van der Waals surface area (Å²) < 4.78 is 82.8. The molecule has 1 aliphatic carbocycles. The largest absolute Gasteiger partial charge is 0.534 e. The molecule has 0 saturated heterocycles. The molecule has 2 aromatic carbocycles. The van der Waals surface area contributed by atoms with Gasteiger partial charge in [-0.25, -0.2) is 4.98 Å². The van der Waals surface area contributed by atoms with E-state index in [4.69, 9.17) is 9.47 Å². The fraction of sp³-hybridized carbons (Fsp3) is 0.370. The Morgan fingerprint density at radius 1 is 1.17 bits per heavy atom. The number of benzene rings is 2. The van der Waals surface area contributed by atoms with Crippen LogP contribution in [0.15, 0.2) is 42.5 Å². The second-order valence-corrected chi connectivity index (χ2v) is 12.1. The standard InChI is InChI=1S/C27H27F3N4O6S2/c1-31-24-23(18(13-14-35)16-11-12-20(21(15-16)38-2)39-17-7-3-4-8-17)25(40-42(36,37)27(28,29)30)33-34(24)26-32-19-9-5-6-10-22(19)41-26/h5-6,9-12,14-15,17-18,31H,3-4,7-8,13H2,1-2H3. The molecule has 4 aromatic rings. The third-order valence-electron chi connectivity index (χ3n) is 6.93. The Balaban J connectivity index is 1.67. The van der Waals surface area contributed by atoms with Crippen LogP contribution in [0.3, 0.4) is 0 Å². The molecule has 0 aliphatic heterocycles. The Labute approximate surface area is 243 Å². The molecule has 2 heterocycles. The minimum absolute atomic E-state index is 0.0334. The number of thiazole rings is 1. The van der Waals surface area contributed by atoms with Crippen molar-refractivity contribution in [1.82, 2.24) is 14.8 Å². The first-order valence-corrected chi connectivity index (χ1v) is 15.2. The van der Waals surface area contributed by atoms with Gasteiger partial charge >= 0.3 is 15.6 Å². The van der Waals surface area contributed by atoms with Crippen molar-refractivity contribution in [2.75, 3.05) is 19.5 Å². The summed E-state index contributed by atoms with van der Waals surface area (Å²) in [6, 6.07) is 12.1. The predicted octanol–water partition coefficient (Wildman–Crippen LogP) is 5.80. The summed E-state index contributed by atoms with van der Waals surface area (Å²) in [5.41, 5.74) is -4.75. The van der Waals surface area contributed by atoms with Gasteiger partial charge in [0.05, 0.1) is 29.0 Å². The molecule has 1 saturated carbocycles. The molecule has 1 atom stereocenters. The smallest absolute Gasteiger partial charge is 0.493 e. The average Bonchev–Trinajstić information content (AvgIpc) is 3.70. The van der Waals surface area contributed by atoms with Crippen LogP contribution in [-0.4, -0.2) is 55.2 Å². The van der Waals surface area contributed by atoms with Gasteiger partial charge in [-0.15, -0.1) is 5.10 Å². The number of nitrogens with zero attached hydrogens (tertiary/aromatic N) is 3. The van der Waals surface area contributed by atoms with E-state index < -0.39 is 27.4 Å². The van der Waals surface area contributed by atoms with E-state index in [1.165, 1.54) is 30.2 Å². The first-order valence-electron chi connectivity index (χ1n) is 13.0. The zero-order valence-corrected chi connectivity index (χ0v) is 24.2. The lowest BCUT2D eigenvalue weighted by Gasteiger charge is -2.20. The predicted molar refractivity (Wildman–Crippen MR) is 150 cm³/mol. The highest BCUT2D eigenvalue weighted by Crippen LogP contribution is 2.44. The molecule has 5 rings (SSSR count). The van der Waals surface area contributed by atoms with Crippen molar-refractivity contribution in [1.29, 1.82) is 0 Å². The summed E-state index contributed by atoms with van der Waals surface area (Å²) in [5.74, 6) is -0.897. The monoisotopic (exact) mass is 624 g/mol. The van der Waals surface area contributed by atoms with Gasteiger partial charge in [0.25, 0.3) is 5.88 Å². The Morgan fingerprint density at radius 3 is 2.55 bits per heavy atom. The number of carbonyl (C=O) groups is 1. The Hall–Kier alpha value is -3.85. The first kappa shape index (κ1) is 29.6. The van der Waals surface area contributed by atoms with Gasteiger partial charge in [0.15, 0.2) is 11.5 Å². The molecule has 0 amide bonds. The van der Waals surface area contributed by atoms with E-state index in [0.717, 1.165) is 30.4 Å². The van der Waals surface area contributed by atoms with Gasteiger partial charge in [0.1, 0.15) is 12.1 Å². The Kier molecular flexibility index (Phi) is 8.32. The summed E-state index contributed by atoms with van der Waals surface area (Å²) >= 11 is 1.19. The van der Waals surface area contributed by atoms with Crippen molar-refractivity contribution in [3.8, 4) is 22.5 Å². The zero-order valence-electron chi connectivity index (χ0n) is 22.6. The maximum absolute atomic E-state index is 13.4. The lowest BCUT2D eigenvalue weighted by atomic mass is 9.89. The molecule has 0 spiro atoms. The summed E-state index contributed by atoms with van der Waals surface area (Å²) in [7, 11) is -3.17. The molecule has 1 fully saturated rings. The normalized spacial score (nSPS) is 15.1. The van der Waals surface area contributed by atoms with Gasteiger partial charge in [0.2, 0.25) is 5.13 Å². The number of anilines is 1. The van der Waals surface area contributed by atoms with Crippen molar-refractivity contribution in [3.63, 3.8) is 0 Å².